The third-order valence-electron chi connectivity index (χ3n) is 3.49. The summed E-state index contributed by atoms with van der Waals surface area (Å²) < 4.78 is 5.10. The van der Waals surface area contributed by atoms with Crippen LogP contribution in [-0.4, -0.2) is 48.9 Å². The maximum atomic E-state index is 9.17. The number of aliphatic hydroxyl groups is 1. The van der Waals surface area contributed by atoms with E-state index in [0.717, 1.165) is 37.6 Å². The van der Waals surface area contributed by atoms with E-state index >= 15 is 0 Å². The van der Waals surface area contributed by atoms with Crippen molar-refractivity contribution in [3.8, 4) is 0 Å². The van der Waals surface area contributed by atoms with Crippen molar-refractivity contribution in [3.05, 3.63) is 11.9 Å². The van der Waals surface area contributed by atoms with Crippen LogP contribution in [0.1, 0.15) is 18.7 Å². The summed E-state index contributed by atoms with van der Waals surface area (Å²) in [6.45, 7) is 2.56. The highest BCUT2D eigenvalue weighted by Crippen LogP contribution is 2.23. The second-order valence-electron chi connectivity index (χ2n) is 4.82. The molecule has 1 aromatic heterocycles. The summed E-state index contributed by atoms with van der Waals surface area (Å²) >= 11 is 0. The van der Waals surface area contributed by atoms with Crippen LogP contribution in [0.2, 0.25) is 0 Å². The molecule has 6 heteroatoms. The van der Waals surface area contributed by atoms with Gasteiger partial charge < -0.3 is 20.1 Å². The minimum atomic E-state index is 0.286. The number of piperidine rings is 1. The number of ether oxygens (including phenoxy) is 1. The van der Waals surface area contributed by atoms with Crippen LogP contribution in [0.4, 0.5) is 11.6 Å². The normalized spacial score (nSPS) is 16.7. The highest BCUT2D eigenvalue weighted by molar-refractivity contribution is 5.49. The Morgan fingerprint density at radius 2 is 2.16 bits per heavy atom. The number of methoxy groups -OCH3 is 1. The van der Waals surface area contributed by atoms with E-state index in [1.807, 2.05) is 13.1 Å². The van der Waals surface area contributed by atoms with E-state index in [2.05, 4.69) is 20.2 Å². The number of aromatic nitrogens is 2. The van der Waals surface area contributed by atoms with Gasteiger partial charge in [-0.1, -0.05) is 0 Å². The number of rotatable bonds is 5. The van der Waals surface area contributed by atoms with Gasteiger partial charge in [0.1, 0.15) is 18.2 Å². The molecule has 19 heavy (non-hydrogen) atoms. The smallest absolute Gasteiger partial charge is 0.158 e. The Labute approximate surface area is 113 Å². The highest BCUT2D eigenvalue weighted by Gasteiger charge is 2.20. The van der Waals surface area contributed by atoms with E-state index in [4.69, 9.17) is 4.74 Å². The fourth-order valence-electron chi connectivity index (χ4n) is 2.31. The van der Waals surface area contributed by atoms with Gasteiger partial charge in [-0.05, 0) is 18.8 Å². The zero-order valence-corrected chi connectivity index (χ0v) is 11.6. The van der Waals surface area contributed by atoms with Crippen molar-refractivity contribution in [1.82, 2.24) is 9.97 Å². The van der Waals surface area contributed by atoms with Gasteiger partial charge in [0, 0.05) is 39.9 Å². The van der Waals surface area contributed by atoms with Crippen LogP contribution in [0.25, 0.3) is 0 Å². The van der Waals surface area contributed by atoms with Crippen molar-refractivity contribution in [2.24, 2.45) is 5.92 Å². The number of anilines is 2. The van der Waals surface area contributed by atoms with Gasteiger partial charge in [0.15, 0.2) is 5.82 Å². The lowest BCUT2D eigenvalue weighted by molar-refractivity contribution is 0.178. The van der Waals surface area contributed by atoms with Crippen LogP contribution < -0.4 is 10.2 Å². The van der Waals surface area contributed by atoms with Crippen molar-refractivity contribution in [2.45, 2.75) is 19.4 Å². The molecule has 1 aliphatic heterocycles. The van der Waals surface area contributed by atoms with Crippen LogP contribution in [0, 0.1) is 5.92 Å². The average Bonchev–Trinajstić information content (AvgIpc) is 2.47. The third kappa shape index (κ3) is 3.54. The van der Waals surface area contributed by atoms with Crippen molar-refractivity contribution in [1.29, 1.82) is 0 Å². The van der Waals surface area contributed by atoms with Gasteiger partial charge in [0.05, 0.1) is 0 Å². The third-order valence-corrected chi connectivity index (χ3v) is 3.49. The van der Waals surface area contributed by atoms with Crippen molar-refractivity contribution < 1.29 is 9.84 Å². The van der Waals surface area contributed by atoms with E-state index in [9.17, 15) is 5.11 Å². The van der Waals surface area contributed by atoms with Gasteiger partial charge in [0.2, 0.25) is 0 Å². The molecule has 0 aliphatic carbocycles. The first-order valence-corrected chi connectivity index (χ1v) is 6.67. The van der Waals surface area contributed by atoms with Crippen molar-refractivity contribution in [3.63, 3.8) is 0 Å². The molecule has 1 aromatic rings. The minimum absolute atomic E-state index is 0.286. The fraction of sp³-hybridized carbons (Fsp3) is 0.692. The summed E-state index contributed by atoms with van der Waals surface area (Å²) in [6.07, 6.45) is 2.02. The predicted molar refractivity (Wildman–Crippen MR) is 74.3 cm³/mol. The second kappa shape index (κ2) is 6.68. The number of hydrogen-bond acceptors (Lipinski definition) is 6. The van der Waals surface area contributed by atoms with E-state index in [1.54, 1.807) is 7.11 Å². The van der Waals surface area contributed by atoms with Gasteiger partial charge in [-0.25, -0.2) is 9.97 Å². The van der Waals surface area contributed by atoms with E-state index < -0.39 is 0 Å². The van der Waals surface area contributed by atoms with Crippen LogP contribution in [0.5, 0.6) is 0 Å². The SMILES string of the molecule is CNc1cc(N2CCC(CO)CC2)nc(COC)n1. The van der Waals surface area contributed by atoms with Gasteiger partial charge in [-0.3, -0.25) is 0 Å². The maximum absolute atomic E-state index is 9.17. The molecular formula is C13H22N4O2. The molecule has 0 unspecified atom stereocenters. The molecule has 0 bridgehead atoms. The maximum Gasteiger partial charge on any atom is 0.158 e. The first-order valence-electron chi connectivity index (χ1n) is 6.67. The standard InChI is InChI=1S/C13H22N4O2/c1-14-11-7-13(16-12(15-11)9-19-2)17-5-3-10(8-18)4-6-17/h7,10,18H,3-6,8-9H2,1-2H3,(H,14,15,16). The molecule has 2 rings (SSSR count). The molecule has 1 fully saturated rings. The molecule has 2 N–H and O–H groups in total. The Morgan fingerprint density at radius 1 is 1.42 bits per heavy atom. The molecule has 2 heterocycles. The van der Waals surface area contributed by atoms with Gasteiger partial charge in [-0.2, -0.15) is 0 Å². The van der Waals surface area contributed by atoms with Crippen LogP contribution >= 0.6 is 0 Å². The first kappa shape index (κ1) is 14.0. The minimum Gasteiger partial charge on any atom is -0.396 e. The molecule has 0 radical (unpaired) electrons. The molecule has 0 aromatic carbocycles. The van der Waals surface area contributed by atoms with E-state index in [0.29, 0.717) is 18.3 Å². The van der Waals surface area contributed by atoms with Gasteiger partial charge in [-0.15, -0.1) is 0 Å². The van der Waals surface area contributed by atoms with Crippen LogP contribution in [0.15, 0.2) is 6.07 Å². The van der Waals surface area contributed by atoms with Crippen molar-refractivity contribution in [2.75, 3.05) is 44.1 Å². The Hall–Kier alpha value is -1.40. The molecule has 1 saturated heterocycles. The summed E-state index contributed by atoms with van der Waals surface area (Å²) in [5, 5.41) is 12.2. The zero-order valence-electron chi connectivity index (χ0n) is 11.6. The fourth-order valence-corrected chi connectivity index (χ4v) is 2.31. The summed E-state index contributed by atoms with van der Waals surface area (Å²) in [4.78, 5) is 11.1. The van der Waals surface area contributed by atoms with Crippen molar-refractivity contribution >= 4 is 11.6 Å². The molecule has 0 spiro atoms. The summed E-state index contributed by atoms with van der Waals surface area (Å²) in [5.74, 6) is 2.86. The summed E-state index contributed by atoms with van der Waals surface area (Å²) in [5.41, 5.74) is 0. The quantitative estimate of drug-likeness (QED) is 0.824. The predicted octanol–water partition coefficient (Wildman–Crippen LogP) is 0.873. The lowest BCUT2D eigenvalue weighted by Crippen LogP contribution is -2.35. The number of hydrogen-bond donors (Lipinski definition) is 2. The summed E-state index contributed by atoms with van der Waals surface area (Å²) in [7, 11) is 3.49. The number of aliphatic hydroxyl groups excluding tert-OH is 1. The Balaban J connectivity index is 2.12. The van der Waals surface area contributed by atoms with Gasteiger partial charge >= 0.3 is 0 Å². The Bertz CT molecular complexity index is 406. The molecule has 0 amide bonds. The Morgan fingerprint density at radius 3 is 2.74 bits per heavy atom. The molecule has 106 valence electrons. The van der Waals surface area contributed by atoms with Crippen LogP contribution in [0.3, 0.4) is 0 Å². The number of nitrogens with one attached hydrogen (secondary N) is 1. The van der Waals surface area contributed by atoms with Crippen LogP contribution in [-0.2, 0) is 11.3 Å². The molecule has 1 aliphatic rings. The second-order valence-corrected chi connectivity index (χ2v) is 4.82. The highest BCUT2D eigenvalue weighted by atomic mass is 16.5. The topological polar surface area (TPSA) is 70.5 Å². The summed E-state index contributed by atoms with van der Waals surface area (Å²) in [6, 6.07) is 1.96. The van der Waals surface area contributed by atoms with Gasteiger partial charge in [0.25, 0.3) is 0 Å². The number of nitrogens with zero attached hydrogens (tertiary/aromatic N) is 3. The first-order chi connectivity index (χ1) is 9.26. The molecule has 6 nitrogen and oxygen atoms in total. The zero-order chi connectivity index (χ0) is 13.7. The van der Waals surface area contributed by atoms with E-state index in [1.165, 1.54) is 0 Å². The molecule has 0 saturated carbocycles. The Kier molecular flexibility index (Phi) is 4.93. The largest absolute Gasteiger partial charge is 0.396 e. The lowest BCUT2D eigenvalue weighted by Gasteiger charge is -2.32. The molecule has 0 atom stereocenters. The molecular weight excluding hydrogens is 244 g/mol. The average molecular weight is 266 g/mol. The monoisotopic (exact) mass is 266 g/mol. The lowest BCUT2D eigenvalue weighted by atomic mass is 9.98. The van der Waals surface area contributed by atoms with E-state index in [-0.39, 0.29) is 6.61 Å².